The fraction of sp³-hybridized carbons (Fsp3) is 0.581. The zero-order valence-corrected chi connectivity index (χ0v) is 32.9. The molecule has 9 nitrogen and oxygen atoms in total. The third-order valence-corrected chi connectivity index (χ3v) is 12.9. The highest BCUT2D eigenvalue weighted by Gasteiger charge is 2.50. The summed E-state index contributed by atoms with van der Waals surface area (Å²) >= 11 is 6.31. The maximum atomic E-state index is 12.5. The first kappa shape index (κ1) is 37.4. The summed E-state index contributed by atoms with van der Waals surface area (Å²) in [5.41, 5.74) is 3.62. The number of anilines is 1. The van der Waals surface area contributed by atoms with Crippen molar-refractivity contribution in [1.82, 2.24) is 19.8 Å². The summed E-state index contributed by atoms with van der Waals surface area (Å²) in [7, 11) is 0. The molecule has 0 N–H and O–H groups in total. The molecule has 1 aliphatic carbocycles. The van der Waals surface area contributed by atoms with Gasteiger partial charge in [-0.3, -0.25) is 0 Å². The van der Waals surface area contributed by atoms with Crippen molar-refractivity contribution in [2.45, 2.75) is 110 Å². The molecule has 0 unspecified atom stereocenters. The van der Waals surface area contributed by atoms with E-state index in [1.807, 2.05) is 62.2 Å². The number of hydrogen-bond donors (Lipinski definition) is 0. The number of carbonyl (C=O) groups is 1. The van der Waals surface area contributed by atoms with Crippen LogP contribution in [0.1, 0.15) is 108 Å². The average molecular weight is 739 g/mol. The maximum Gasteiger partial charge on any atom is 0.410 e. The number of carbonyl (C=O) groups excluding carboxylic acids is 1. The zero-order chi connectivity index (χ0) is 37.4. The normalized spacial score (nSPS) is 20.5. The van der Waals surface area contributed by atoms with Crippen molar-refractivity contribution < 1.29 is 14.3 Å². The first-order valence-corrected chi connectivity index (χ1v) is 19.9. The Morgan fingerprint density at radius 1 is 0.868 bits per heavy atom. The van der Waals surface area contributed by atoms with Crippen molar-refractivity contribution in [1.29, 1.82) is 5.26 Å². The first-order chi connectivity index (χ1) is 25.2. The summed E-state index contributed by atoms with van der Waals surface area (Å²) in [6.07, 6.45) is 11.4. The maximum absolute atomic E-state index is 12.5. The molecule has 4 fully saturated rings. The van der Waals surface area contributed by atoms with Crippen molar-refractivity contribution in [3.63, 3.8) is 0 Å². The van der Waals surface area contributed by atoms with Gasteiger partial charge in [-0.15, -0.1) is 0 Å². The van der Waals surface area contributed by atoms with Gasteiger partial charge in [0.15, 0.2) is 0 Å². The summed E-state index contributed by atoms with van der Waals surface area (Å²) in [6.45, 7) is 16.5. The van der Waals surface area contributed by atoms with Crippen LogP contribution >= 0.6 is 11.6 Å². The van der Waals surface area contributed by atoms with Crippen LogP contribution in [0.2, 0.25) is 5.02 Å². The molecule has 2 spiro atoms. The molecule has 10 heteroatoms. The summed E-state index contributed by atoms with van der Waals surface area (Å²) < 4.78 is 11.8. The third-order valence-electron chi connectivity index (χ3n) is 12.7. The zero-order valence-electron chi connectivity index (χ0n) is 32.2. The van der Waals surface area contributed by atoms with Crippen LogP contribution in [0.4, 0.5) is 10.7 Å². The number of likely N-dealkylation sites (tertiary alicyclic amines) is 2. The van der Waals surface area contributed by atoms with Crippen molar-refractivity contribution in [2.24, 2.45) is 10.8 Å². The number of ether oxygens (including phenoxy) is 2. The smallest absolute Gasteiger partial charge is 0.410 e. The van der Waals surface area contributed by atoms with Crippen LogP contribution in [0.5, 0.6) is 5.75 Å². The molecule has 1 amide bonds. The van der Waals surface area contributed by atoms with Gasteiger partial charge in [0.05, 0.1) is 17.3 Å². The fourth-order valence-corrected chi connectivity index (χ4v) is 9.30. The van der Waals surface area contributed by atoms with Gasteiger partial charge in [0.25, 0.3) is 0 Å². The van der Waals surface area contributed by atoms with Gasteiger partial charge in [0.2, 0.25) is 5.95 Å². The van der Waals surface area contributed by atoms with Gasteiger partial charge in [0, 0.05) is 48.9 Å². The molecule has 1 aromatic heterocycles. The lowest BCUT2D eigenvalue weighted by atomic mass is 9.59. The molecular formula is C43H55ClN6O3. The fourth-order valence-electron chi connectivity index (χ4n) is 9.07. The first-order valence-electron chi connectivity index (χ1n) is 19.5. The molecule has 0 atom stereocenters. The molecule has 0 radical (unpaired) electrons. The van der Waals surface area contributed by atoms with Crippen LogP contribution in [0.3, 0.4) is 0 Å². The minimum Gasteiger partial charge on any atom is -0.487 e. The lowest BCUT2D eigenvalue weighted by molar-refractivity contribution is -0.0645. The van der Waals surface area contributed by atoms with Gasteiger partial charge < -0.3 is 24.2 Å². The highest BCUT2D eigenvalue weighted by molar-refractivity contribution is 6.30. The Balaban J connectivity index is 0.852. The molecule has 3 aromatic rings. The highest BCUT2D eigenvalue weighted by Crippen LogP contribution is 2.53. The number of amides is 1. The Morgan fingerprint density at radius 2 is 1.51 bits per heavy atom. The SMILES string of the molecule is CC(C)(C)OC(=O)N1CCC2(CC1)CC(N1CCC3(CCN(c4nccc(COc5ccc(C(C)(C)c6cc(Cl)cc(C#N)c6)cc5)n4)CC3)CC1)C2. The molecule has 3 aliphatic heterocycles. The number of hydrogen-bond acceptors (Lipinski definition) is 8. The molecule has 4 heterocycles. The highest BCUT2D eigenvalue weighted by atomic mass is 35.5. The van der Waals surface area contributed by atoms with Gasteiger partial charge in [0.1, 0.15) is 18.0 Å². The minimum atomic E-state index is -0.439. The summed E-state index contributed by atoms with van der Waals surface area (Å²) in [6, 6.07) is 18.5. The second-order valence-corrected chi connectivity index (χ2v) is 18.1. The van der Waals surface area contributed by atoms with Gasteiger partial charge >= 0.3 is 6.09 Å². The summed E-state index contributed by atoms with van der Waals surface area (Å²) in [4.78, 5) is 29.1. The molecule has 53 heavy (non-hydrogen) atoms. The Kier molecular flexibility index (Phi) is 10.4. The predicted octanol–water partition coefficient (Wildman–Crippen LogP) is 8.77. The minimum absolute atomic E-state index is 0.157. The lowest BCUT2D eigenvalue weighted by Gasteiger charge is -2.57. The van der Waals surface area contributed by atoms with E-state index in [1.165, 1.54) is 51.6 Å². The van der Waals surface area contributed by atoms with Crippen LogP contribution in [0, 0.1) is 22.2 Å². The molecule has 282 valence electrons. The molecular weight excluding hydrogens is 684 g/mol. The number of piperidine rings is 3. The molecule has 4 aliphatic rings. The van der Waals surface area contributed by atoms with Crippen molar-refractivity contribution >= 4 is 23.6 Å². The average Bonchev–Trinajstić information content (AvgIpc) is 3.13. The number of halogens is 1. The van der Waals surface area contributed by atoms with Crippen molar-refractivity contribution in [3.05, 3.63) is 82.1 Å². The second-order valence-electron chi connectivity index (χ2n) is 17.7. The van der Waals surface area contributed by atoms with Crippen LogP contribution in [-0.2, 0) is 16.8 Å². The van der Waals surface area contributed by atoms with Gasteiger partial charge in [-0.05, 0) is 144 Å². The van der Waals surface area contributed by atoms with E-state index in [0.29, 0.717) is 34.1 Å². The van der Waals surface area contributed by atoms with Crippen LogP contribution in [-0.4, -0.2) is 76.8 Å². The molecule has 0 bridgehead atoms. The number of nitriles is 1. The topological polar surface area (TPSA) is 94.8 Å². The molecule has 3 saturated heterocycles. The lowest BCUT2D eigenvalue weighted by Crippen LogP contribution is -2.58. The van der Waals surface area contributed by atoms with E-state index in [2.05, 4.69) is 46.8 Å². The number of rotatable bonds is 7. The Hall–Kier alpha value is -3.87. The van der Waals surface area contributed by atoms with Crippen LogP contribution in [0.15, 0.2) is 54.7 Å². The Bertz CT molecular complexity index is 1800. The molecule has 7 rings (SSSR count). The third kappa shape index (κ3) is 8.44. The molecule has 2 aromatic carbocycles. The van der Waals surface area contributed by atoms with E-state index in [1.54, 1.807) is 6.07 Å². The van der Waals surface area contributed by atoms with Crippen LogP contribution < -0.4 is 9.64 Å². The number of aromatic nitrogens is 2. The van der Waals surface area contributed by atoms with Crippen molar-refractivity contribution in [3.8, 4) is 11.8 Å². The quantitative estimate of drug-likeness (QED) is 0.238. The summed E-state index contributed by atoms with van der Waals surface area (Å²) in [5.74, 6) is 1.58. The second kappa shape index (κ2) is 14.8. The standard InChI is InChI=1S/C43H55ClN6O3/c1-40(2,3)53-39(51)50-22-15-43(16-23-50)27-36(28-43)48-18-11-42(12-19-48)13-20-49(21-14-42)38-46-17-10-35(47-38)30-52-37-8-6-32(7-9-37)41(4,5)33-24-31(29-45)25-34(44)26-33/h6-10,17,24-26,36H,11-16,18-23,27-28,30H2,1-5H3. The van der Waals surface area contributed by atoms with E-state index >= 15 is 0 Å². The van der Waals surface area contributed by atoms with E-state index in [4.69, 9.17) is 26.1 Å². The Labute approximate surface area is 320 Å². The Morgan fingerprint density at radius 3 is 2.15 bits per heavy atom. The van der Waals surface area contributed by atoms with Crippen molar-refractivity contribution in [2.75, 3.05) is 44.2 Å². The van der Waals surface area contributed by atoms with E-state index < -0.39 is 5.60 Å². The summed E-state index contributed by atoms with van der Waals surface area (Å²) in [5, 5.41) is 9.97. The largest absolute Gasteiger partial charge is 0.487 e. The number of benzene rings is 2. The predicted molar refractivity (Wildman–Crippen MR) is 208 cm³/mol. The van der Waals surface area contributed by atoms with Crippen LogP contribution in [0.25, 0.3) is 0 Å². The van der Waals surface area contributed by atoms with Gasteiger partial charge in [-0.25, -0.2) is 14.8 Å². The van der Waals surface area contributed by atoms with E-state index in [0.717, 1.165) is 67.5 Å². The van der Waals surface area contributed by atoms with E-state index in [-0.39, 0.29) is 11.5 Å². The number of nitrogens with zero attached hydrogens (tertiary/aromatic N) is 6. The van der Waals surface area contributed by atoms with Gasteiger partial charge in [-0.2, -0.15) is 5.26 Å². The molecule has 1 saturated carbocycles. The van der Waals surface area contributed by atoms with Gasteiger partial charge in [-0.1, -0.05) is 37.6 Å². The monoisotopic (exact) mass is 738 g/mol. The van der Waals surface area contributed by atoms with E-state index in [9.17, 15) is 10.1 Å².